The van der Waals surface area contributed by atoms with Crippen molar-refractivity contribution in [1.29, 1.82) is 0 Å². The molecule has 8 nitrogen and oxygen atoms in total. The summed E-state index contributed by atoms with van der Waals surface area (Å²) in [6.07, 6.45) is 3.26. The summed E-state index contributed by atoms with van der Waals surface area (Å²) in [5.41, 5.74) is 0.859. The molecule has 0 saturated heterocycles. The predicted molar refractivity (Wildman–Crippen MR) is 110 cm³/mol. The topological polar surface area (TPSA) is 88.5 Å². The molecule has 0 aliphatic heterocycles. The van der Waals surface area contributed by atoms with Gasteiger partial charge in [0, 0.05) is 26.8 Å². The van der Waals surface area contributed by atoms with Crippen molar-refractivity contribution < 1.29 is 14.3 Å². The van der Waals surface area contributed by atoms with Gasteiger partial charge < -0.3 is 20.3 Å². The zero-order chi connectivity index (χ0) is 20.1. The summed E-state index contributed by atoms with van der Waals surface area (Å²) in [6, 6.07) is 0. The van der Waals surface area contributed by atoms with E-state index in [0.29, 0.717) is 44.2 Å². The highest BCUT2D eigenvalue weighted by Crippen LogP contribution is 2.34. The average molecular weight is 430 g/mol. The standard InChI is InChI=1S/C16H20ClN5O3S2/c1-9-11(15(24)25-4)13(27-12(9)14(23)21(2)3)20-16(26)18-5-6-22-8-10(17)7-19-22/h7-8H,5-6H2,1-4H3,(H2,18,20,26). The Morgan fingerprint density at radius 1 is 1.44 bits per heavy atom. The molecule has 0 atom stereocenters. The molecule has 2 heterocycles. The Kier molecular flexibility index (Phi) is 7.17. The maximum atomic E-state index is 12.3. The molecule has 2 aromatic heterocycles. The monoisotopic (exact) mass is 429 g/mol. The maximum Gasteiger partial charge on any atom is 0.341 e. The van der Waals surface area contributed by atoms with E-state index >= 15 is 0 Å². The number of carbonyl (C=O) groups is 2. The Bertz CT molecular complexity index is 862. The highest BCUT2D eigenvalue weighted by molar-refractivity contribution is 7.80. The summed E-state index contributed by atoms with van der Waals surface area (Å²) in [7, 11) is 4.60. The number of hydrogen-bond donors (Lipinski definition) is 2. The second-order valence-electron chi connectivity index (χ2n) is 5.75. The van der Waals surface area contributed by atoms with Crippen molar-refractivity contribution in [2.45, 2.75) is 13.5 Å². The van der Waals surface area contributed by atoms with Crippen LogP contribution in [0.2, 0.25) is 5.02 Å². The quantitative estimate of drug-likeness (QED) is 0.538. The second-order valence-corrected chi connectivity index (χ2v) is 7.62. The third kappa shape index (κ3) is 5.18. The lowest BCUT2D eigenvalue weighted by atomic mass is 10.1. The molecule has 146 valence electrons. The fourth-order valence-electron chi connectivity index (χ4n) is 2.25. The predicted octanol–water partition coefficient (Wildman–Crippen LogP) is 2.38. The van der Waals surface area contributed by atoms with Crippen molar-refractivity contribution in [2.75, 3.05) is 33.1 Å². The van der Waals surface area contributed by atoms with Gasteiger partial charge in [-0.05, 0) is 24.7 Å². The van der Waals surface area contributed by atoms with Gasteiger partial charge in [-0.15, -0.1) is 11.3 Å². The summed E-state index contributed by atoms with van der Waals surface area (Å²) in [5.74, 6) is -0.719. The van der Waals surface area contributed by atoms with Crippen molar-refractivity contribution in [3.05, 3.63) is 33.4 Å². The molecule has 0 saturated carbocycles. The number of hydrogen-bond acceptors (Lipinski definition) is 6. The number of nitrogens with one attached hydrogen (secondary N) is 2. The number of thiophene rings is 1. The van der Waals surface area contributed by atoms with Crippen LogP contribution in [0.1, 0.15) is 25.6 Å². The molecule has 11 heteroatoms. The zero-order valence-electron chi connectivity index (χ0n) is 15.3. The van der Waals surface area contributed by atoms with Gasteiger partial charge in [-0.25, -0.2) is 4.79 Å². The lowest BCUT2D eigenvalue weighted by molar-refractivity contribution is 0.0601. The van der Waals surface area contributed by atoms with Crippen LogP contribution in [0.25, 0.3) is 0 Å². The number of thiocarbonyl (C=S) groups is 1. The molecule has 27 heavy (non-hydrogen) atoms. The number of ether oxygens (including phenoxy) is 1. The van der Waals surface area contributed by atoms with Gasteiger partial charge in [0.2, 0.25) is 0 Å². The number of rotatable bonds is 6. The van der Waals surface area contributed by atoms with Crippen LogP contribution in [-0.4, -0.2) is 59.4 Å². The molecule has 2 rings (SSSR count). The van der Waals surface area contributed by atoms with Crippen molar-refractivity contribution >= 4 is 57.1 Å². The van der Waals surface area contributed by atoms with Gasteiger partial charge >= 0.3 is 5.97 Å². The highest BCUT2D eigenvalue weighted by Gasteiger charge is 2.26. The SMILES string of the molecule is COC(=O)c1c(NC(=S)NCCn2cc(Cl)cn2)sc(C(=O)N(C)C)c1C. The number of esters is 1. The van der Waals surface area contributed by atoms with E-state index in [0.717, 1.165) is 11.3 Å². The minimum atomic E-state index is -0.530. The first kappa shape index (κ1) is 21.1. The van der Waals surface area contributed by atoms with Gasteiger partial charge in [0.1, 0.15) is 5.00 Å². The Morgan fingerprint density at radius 2 is 2.15 bits per heavy atom. The lowest BCUT2D eigenvalue weighted by Gasteiger charge is -2.10. The van der Waals surface area contributed by atoms with Gasteiger partial charge in [0.05, 0.1) is 35.3 Å². The summed E-state index contributed by atoms with van der Waals surface area (Å²) in [6.45, 7) is 2.78. The first-order chi connectivity index (χ1) is 12.7. The molecule has 0 aliphatic carbocycles. The Morgan fingerprint density at radius 3 is 2.70 bits per heavy atom. The van der Waals surface area contributed by atoms with Crippen LogP contribution in [0.4, 0.5) is 5.00 Å². The molecule has 2 N–H and O–H groups in total. The van der Waals surface area contributed by atoms with E-state index in [2.05, 4.69) is 15.7 Å². The average Bonchev–Trinajstić information content (AvgIpc) is 3.16. The van der Waals surface area contributed by atoms with Crippen LogP contribution >= 0.6 is 35.2 Å². The Hall–Kier alpha value is -2.17. The van der Waals surface area contributed by atoms with Crippen LogP contribution in [0.5, 0.6) is 0 Å². The smallest absolute Gasteiger partial charge is 0.341 e. The van der Waals surface area contributed by atoms with Crippen molar-refractivity contribution in [3.8, 4) is 0 Å². The minimum Gasteiger partial charge on any atom is -0.465 e. The van der Waals surface area contributed by atoms with Gasteiger partial charge in [-0.3, -0.25) is 9.48 Å². The lowest BCUT2D eigenvalue weighted by Crippen LogP contribution is -2.31. The van der Waals surface area contributed by atoms with Gasteiger partial charge in [-0.1, -0.05) is 11.6 Å². The molecule has 0 radical (unpaired) electrons. The molecule has 2 aromatic rings. The number of methoxy groups -OCH3 is 1. The number of carbonyl (C=O) groups excluding carboxylic acids is 2. The number of nitrogens with zero attached hydrogens (tertiary/aromatic N) is 3. The maximum absolute atomic E-state index is 12.3. The zero-order valence-corrected chi connectivity index (χ0v) is 17.7. The molecule has 0 bridgehead atoms. The largest absolute Gasteiger partial charge is 0.465 e. The first-order valence-electron chi connectivity index (χ1n) is 7.90. The molecule has 0 spiro atoms. The molecule has 0 aliphatic rings. The number of halogens is 1. The fraction of sp³-hybridized carbons (Fsp3) is 0.375. The van der Waals surface area contributed by atoms with E-state index in [1.54, 1.807) is 38.1 Å². The summed E-state index contributed by atoms with van der Waals surface area (Å²) < 4.78 is 6.53. The summed E-state index contributed by atoms with van der Waals surface area (Å²) in [5, 5.41) is 11.4. The van der Waals surface area contributed by atoms with Gasteiger partial charge in [-0.2, -0.15) is 5.10 Å². The third-order valence-electron chi connectivity index (χ3n) is 3.59. The Balaban J connectivity index is 2.11. The highest BCUT2D eigenvalue weighted by atomic mass is 35.5. The molecule has 0 unspecified atom stereocenters. The Labute approximate surface area is 171 Å². The van der Waals surface area contributed by atoms with E-state index < -0.39 is 5.97 Å². The van der Waals surface area contributed by atoms with E-state index in [4.69, 9.17) is 28.6 Å². The fourth-order valence-corrected chi connectivity index (χ4v) is 3.89. The van der Waals surface area contributed by atoms with E-state index in [1.165, 1.54) is 12.0 Å². The minimum absolute atomic E-state index is 0.190. The van der Waals surface area contributed by atoms with Gasteiger partial charge in [0.15, 0.2) is 5.11 Å². The molecular formula is C16H20ClN5O3S2. The van der Waals surface area contributed by atoms with E-state index in [1.807, 2.05) is 0 Å². The third-order valence-corrected chi connectivity index (χ3v) is 5.23. The van der Waals surface area contributed by atoms with Crippen molar-refractivity contribution in [1.82, 2.24) is 20.0 Å². The summed E-state index contributed by atoms with van der Waals surface area (Å²) >= 11 is 12.3. The van der Waals surface area contributed by atoms with Crippen LogP contribution in [0.3, 0.4) is 0 Å². The van der Waals surface area contributed by atoms with Gasteiger partial charge in [0.25, 0.3) is 5.91 Å². The van der Waals surface area contributed by atoms with Crippen LogP contribution in [0, 0.1) is 6.92 Å². The van der Waals surface area contributed by atoms with E-state index in [-0.39, 0.29) is 5.91 Å². The number of anilines is 1. The van der Waals surface area contributed by atoms with Crippen LogP contribution in [-0.2, 0) is 11.3 Å². The number of amides is 1. The number of aromatic nitrogens is 2. The second kappa shape index (κ2) is 9.16. The van der Waals surface area contributed by atoms with Crippen molar-refractivity contribution in [2.24, 2.45) is 0 Å². The van der Waals surface area contributed by atoms with Crippen molar-refractivity contribution in [3.63, 3.8) is 0 Å². The molecule has 0 aromatic carbocycles. The normalized spacial score (nSPS) is 10.4. The summed E-state index contributed by atoms with van der Waals surface area (Å²) in [4.78, 5) is 26.4. The molecular weight excluding hydrogens is 410 g/mol. The van der Waals surface area contributed by atoms with Crippen LogP contribution < -0.4 is 10.6 Å². The first-order valence-corrected chi connectivity index (χ1v) is 9.51. The molecule has 1 amide bonds. The molecule has 0 fully saturated rings. The van der Waals surface area contributed by atoms with E-state index in [9.17, 15) is 9.59 Å². The van der Waals surface area contributed by atoms with Crippen LogP contribution in [0.15, 0.2) is 12.4 Å².